The van der Waals surface area contributed by atoms with Crippen LogP contribution in [-0.2, 0) is 0 Å². The van der Waals surface area contributed by atoms with Crippen molar-refractivity contribution < 1.29 is 14.2 Å². The standard InChI is InChI=1S/C21H20O3/c1-22-16-13-19(23-2)21(20(14-16)24-3)18-12-8-7-11-17(18)15-9-5-4-6-10-15/h4-14H,1-3H3. The molecule has 0 spiro atoms. The Morgan fingerprint density at radius 1 is 0.583 bits per heavy atom. The van der Waals surface area contributed by atoms with Crippen LogP contribution in [0.2, 0.25) is 0 Å². The summed E-state index contributed by atoms with van der Waals surface area (Å²) >= 11 is 0. The second kappa shape index (κ2) is 7.09. The Morgan fingerprint density at radius 3 is 1.67 bits per heavy atom. The molecule has 24 heavy (non-hydrogen) atoms. The molecule has 0 fully saturated rings. The minimum atomic E-state index is 0.699. The van der Waals surface area contributed by atoms with Crippen molar-refractivity contribution in [1.29, 1.82) is 0 Å². The molecule has 0 saturated heterocycles. The molecule has 0 aliphatic rings. The summed E-state index contributed by atoms with van der Waals surface area (Å²) in [7, 11) is 4.94. The van der Waals surface area contributed by atoms with Crippen LogP contribution in [0.15, 0.2) is 66.7 Å². The maximum Gasteiger partial charge on any atom is 0.134 e. The molecule has 0 aliphatic heterocycles. The summed E-state index contributed by atoms with van der Waals surface area (Å²) in [6.07, 6.45) is 0. The summed E-state index contributed by atoms with van der Waals surface area (Å²) in [5.41, 5.74) is 4.24. The maximum absolute atomic E-state index is 5.62. The quantitative estimate of drug-likeness (QED) is 0.658. The number of hydrogen-bond acceptors (Lipinski definition) is 3. The Bertz CT molecular complexity index is 800. The lowest BCUT2D eigenvalue weighted by atomic mass is 9.93. The molecule has 0 atom stereocenters. The highest BCUT2D eigenvalue weighted by Crippen LogP contribution is 2.45. The van der Waals surface area contributed by atoms with Crippen molar-refractivity contribution in [2.45, 2.75) is 0 Å². The van der Waals surface area contributed by atoms with Gasteiger partial charge in [-0.25, -0.2) is 0 Å². The molecule has 3 nitrogen and oxygen atoms in total. The predicted molar refractivity (Wildman–Crippen MR) is 97.0 cm³/mol. The summed E-state index contributed by atoms with van der Waals surface area (Å²) in [5, 5.41) is 0. The number of rotatable bonds is 5. The third-order valence-corrected chi connectivity index (χ3v) is 4.00. The lowest BCUT2D eigenvalue weighted by molar-refractivity contribution is 0.377. The molecule has 0 amide bonds. The number of methoxy groups -OCH3 is 3. The fourth-order valence-corrected chi connectivity index (χ4v) is 2.84. The monoisotopic (exact) mass is 320 g/mol. The molecule has 3 heteroatoms. The fourth-order valence-electron chi connectivity index (χ4n) is 2.84. The van der Waals surface area contributed by atoms with E-state index in [2.05, 4.69) is 24.3 Å². The van der Waals surface area contributed by atoms with Gasteiger partial charge in [-0.15, -0.1) is 0 Å². The summed E-state index contributed by atoms with van der Waals surface area (Å²) in [6.45, 7) is 0. The molecule has 0 N–H and O–H groups in total. The van der Waals surface area contributed by atoms with Crippen LogP contribution in [-0.4, -0.2) is 21.3 Å². The van der Waals surface area contributed by atoms with Gasteiger partial charge in [0.05, 0.1) is 26.9 Å². The third-order valence-electron chi connectivity index (χ3n) is 4.00. The van der Waals surface area contributed by atoms with E-state index >= 15 is 0 Å². The second-order valence-electron chi connectivity index (χ2n) is 5.32. The first-order valence-electron chi connectivity index (χ1n) is 7.73. The Hall–Kier alpha value is -2.94. The van der Waals surface area contributed by atoms with Gasteiger partial charge in [0.1, 0.15) is 17.2 Å². The zero-order valence-electron chi connectivity index (χ0n) is 14.1. The summed E-state index contributed by atoms with van der Waals surface area (Å²) in [6, 6.07) is 22.3. The van der Waals surface area contributed by atoms with Gasteiger partial charge in [-0.2, -0.15) is 0 Å². The lowest BCUT2D eigenvalue weighted by Gasteiger charge is -2.18. The first kappa shape index (κ1) is 15.9. The van der Waals surface area contributed by atoms with Crippen molar-refractivity contribution in [2.24, 2.45) is 0 Å². The van der Waals surface area contributed by atoms with Gasteiger partial charge in [0.25, 0.3) is 0 Å². The molecule has 0 radical (unpaired) electrons. The van der Waals surface area contributed by atoms with Gasteiger partial charge < -0.3 is 14.2 Å². The van der Waals surface area contributed by atoms with Crippen molar-refractivity contribution in [1.82, 2.24) is 0 Å². The van der Waals surface area contributed by atoms with Crippen molar-refractivity contribution in [2.75, 3.05) is 21.3 Å². The Kier molecular flexibility index (Phi) is 4.71. The molecular weight excluding hydrogens is 300 g/mol. The van der Waals surface area contributed by atoms with Crippen molar-refractivity contribution in [3.8, 4) is 39.5 Å². The highest BCUT2D eigenvalue weighted by Gasteiger charge is 2.18. The topological polar surface area (TPSA) is 27.7 Å². The van der Waals surface area contributed by atoms with E-state index in [0.29, 0.717) is 5.75 Å². The van der Waals surface area contributed by atoms with E-state index in [4.69, 9.17) is 14.2 Å². The Labute approximate surface area is 142 Å². The van der Waals surface area contributed by atoms with Gasteiger partial charge >= 0.3 is 0 Å². The normalized spacial score (nSPS) is 10.3. The van der Waals surface area contributed by atoms with Crippen LogP contribution < -0.4 is 14.2 Å². The predicted octanol–water partition coefficient (Wildman–Crippen LogP) is 5.05. The molecule has 0 heterocycles. The van der Waals surface area contributed by atoms with Crippen LogP contribution >= 0.6 is 0 Å². The first-order valence-corrected chi connectivity index (χ1v) is 7.73. The van der Waals surface area contributed by atoms with E-state index in [0.717, 1.165) is 33.8 Å². The van der Waals surface area contributed by atoms with Crippen LogP contribution in [0.5, 0.6) is 17.2 Å². The van der Waals surface area contributed by atoms with Gasteiger partial charge in [-0.05, 0) is 16.7 Å². The molecule has 122 valence electrons. The second-order valence-corrected chi connectivity index (χ2v) is 5.32. The van der Waals surface area contributed by atoms with E-state index in [1.54, 1.807) is 21.3 Å². The van der Waals surface area contributed by atoms with E-state index in [1.807, 2.05) is 42.5 Å². The first-order chi connectivity index (χ1) is 11.8. The average molecular weight is 320 g/mol. The lowest BCUT2D eigenvalue weighted by Crippen LogP contribution is -1.96. The maximum atomic E-state index is 5.62. The van der Waals surface area contributed by atoms with Gasteiger partial charge in [0.2, 0.25) is 0 Å². The number of benzene rings is 3. The van der Waals surface area contributed by atoms with Crippen molar-refractivity contribution >= 4 is 0 Å². The SMILES string of the molecule is COc1cc(OC)c(-c2ccccc2-c2ccccc2)c(OC)c1. The summed E-state index contributed by atoms with van der Waals surface area (Å²) < 4.78 is 16.6. The zero-order valence-corrected chi connectivity index (χ0v) is 14.1. The number of ether oxygens (including phenoxy) is 3. The number of hydrogen-bond donors (Lipinski definition) is 0. The van der Waals surface area contributed by atoms with Gasteiger partial charge in [-0.1, -0.05) is 54.6 Å². The summed E-state index contributed by atoms with van der Waals surface area (Å²) in [5.74, 6) is 2.13. The Morgan fingerprint density at radius 2 is 1.12 bits per heavy atom. The van der Waals surface area contributed by atoms with Crippen LogP contribution in [0.4, 0.5) is 0 Å². The molecule has 0 aliphatic carbocycles. The molecule has 0 saturated carbocycles. The zero-order chi connectivity index (χ0) is 16.9. The molecule has 0 aromatic heterocycles. The van der Waals surface area contributed by atoms with Crippen molar-refractivity contribution in [3.05, 3.63) is 66.7 Å². The third kappa shape index (κ3) is 2.93. The minimum absolute atomic E-state index is 0.699. The molecule has 0 unspecified atom stereocenters. The highest BCUT2D eigenvalue weighted by molar-refractivity contribution is 5.89. The summed E-state index contributed by atoms with van der Waals surface area (Å²) in [4.78, 5) is 0. The van der Waals surface area contributed by atoms with Gasteiger partial charge in [0.15, 0.2) is 0 Å². The molecular formula is C21H20O3. The largest absolute Gasteiger partial charge is 0.496 e. The van der Waals surface area contributed by atoms with Crippen molar-refractivity contribution in [3.63, 3.8) is 0 Å². The smallest absolute Gasteiger partial charge is 0.134 e. The van der Waals surface area contributed by atoms with E-state index in [-0.39, 0.29) is 0 Å². The van der Waals surface area contributed by atoms with Gasteiger partial charge in [0, 0.05) is 12.1 Å². The van der Waals surface area contributed by atoms with E-state index in [9.17, 15) is 0 Å². The average Bonchev–Trinajstić information content (AvgIpc) is 2.67. The van der Waals surface area contributed by atoms with E-state index < -0.39 is 0 Å². The van der Waals surface area contributed by atoms with Gasteiger partial charge in [-0.3, -0.25) is 0 Å². The van der Waals surface area contributed by atoms with E-state index in [1.165, 1.54) is 0 Å². The minimum Gasteiger partial charge on any atom is -0.496 e. The van der Waals surface area contributed by atoms with Crippen LogP contribution in [0, 0.1) is 0 Å². The fraction of sp³-hybridized carbons (Fsp3) is 0.143. The molecule has 3 aromatic rings. The highest BCUT2D eigenvalue weighted by atomic mass is 16.5. The molecule has 0 bridgehead atoms. The Balaban J connectivity index is 2.27. The molecule has 3 aromatic carbocycles. The molecule has 3 rings (SSSR count). The van der Waals surface area contributed by atoms with Crippen LogP contribution in [0.25, 0.3) is 22.3 Å². The van der Waals surface area contributed by atoms with Crippen LogP contribution in [0.3, 0.4) is 0 Å². The van der Waals surface area contributed by atoms with Crippen LogP contribution in [0.1, 0.15) is 0 Å².